The van der Waals surface area contributed by atoms with Gasteiger partial charge in [-0.25, -0.2) is 29.0 Å². The minimum absolute atomic E-state index is 0. The summed E-state index contributed by atoms with van der Waals surface area (Å²) < 4.78 is 10.7. The van der Waals surface area contributed by atoms with E-state index >= 15 is 0 Å². The van der Waals surface area contributed by atoms with Crippen molar-refractivity contribution in [2.75, 3.05) is 106 Å². The Balaban J connectivity index is 0.000000159. The predicted octanol–water partition coefficient (Wildman–Crippen LogP) is 16.4. The van der Waals surface area contributed by atoms with Crippen LogP contribution >= 0.6 is 15.9 Å². The molecule has 23 N–H and O–H groups in total. The SMILES string of the molecule is C.CCCCNc1nc(N)c2[nH]c(=O)n(Cc3ccc(C)nc3)c2n1.CCCCNc1nc(N)c2[nH]c(=O)n(Cc3ccc(CC)cc3)c2n1.CCCCNc1nc(N)c2[nH]c(=O)n(Cc3ccc(CC)cc3)c2n1.CCCCNc1nc(N)c2[nH]c(=O)n(Cc3ccc(CC)cc3)c2n1.CCCCNc1nc(N)c2[nH]c(=O)n(Cc3cccc(CC)c3)c2n1.CCCCNc1nc(N)c2nc(Br)n(Cc3ccc(CC)cc3)c2n1. The molecule has 18 aromatic rings. The van der Waals surface area contributed by atoms with Crippen LogP contribution < -0.4 is 94.8 Å². The number of fused-ring (bicyclic) bond motifs is 6. The van der Waals surface area contributed by atoms with Gasteiger partial charge in [-0.3, -0.25) is 32.4 Å². The Labute approximate surface area is 878 Å². The Bertz CT molecular complexity index is 7400. The van der Waals surface area contributed by atoms with Gasteiger partial charge in [-0.05, 0) is 161 Å². The lowest BCUT2D eigenvalue weighted by Crippen LogP contribution is -2.18. The van der Waals surface area contributed by atoms with Crippen LogP contribution in [0.2, 0.25) is 0 Å². The number of nitrogens with zero attached hydrogens (tertiary/aromatic N) is 20. The lowest BCUT2D eigenvalue weighted by atomic mass is 10.1. The van der Waals surface area contributed by atoms with E-state index in [4.69, 9.17) is 34.4 Å². The number of hydrogen-bond donors (Lipinski definition) is 17. The fourth-order valence-corrected chi connectivity index (χ4v) is 16.5. The molecule has 0 spiro atoms. The van der Waals surface area contributed by atoms with E-state index in [9.17, 15) is 24.0 Å². The molecular formula is C107H144BrN37O5. The molecular weight excluding hydrogens is 1960 g/mol. The van der Waals surface area contributed by atoms with E-state index < -0.39 is 0 Å². The Kier molecular flexibility index (Phi) is 41.1. The molecule has 42 nitrogen and oxygen atoms in total. The number of nitrogen functional groups attached to an aromatic ring is 6. The van der Waals surface area contributed by atoms with Crippen molar-refractivity contribution in [1.82, 2.24) is 122 Å². The van der Waals surface area contributed by atoms with Crippen LogP contribution in [0.15, 0.2) is 168 Å². The van der Waals surface area contributed by atoms with Gasteiger partial charge in [0, 0.05) is 51.2 Å². The molecule has 5 aromatic carbocycles. The summed E-state index contributed by atoms with van der Waals surface area (Å²) in [4.78, 5) is 137. The van der Waals surface area contributed by atoms with Gasteiger partial charge in [0.2, 0.25) is 35.7 Å². The van der Waals surface area contributed by atoms with Gasteiger partial charge in [-0.2, -0.15) is 59.8 Å². The third-order valence-electron chi connectivity index (χ3n) is 24.9. The number of rotatable bonds is 41. The van der Waals surface area contributed by atoms with E-state index in [0.29, 0.717) is 147 Å². The smallest absolute Gasteiger partial charge is 0.328 e. The number of aromatic amines is 5. The third-order valence-corrected chi connectivity index (χ3v) is 25.5. The molecule has 0 aliphatic rings. The lowest BCUT2D eigenvalue weighted by Gasteiger charge is -2.09. The number of H-pyrrole nitrogens is 5. The first kappa shape index (κ1) is 112. The maximum atomic E-state index is 12.4. The first-order valence-corrected chi connectivity index (χ1v) is 52.2. The average molecular weight is 2110 g/mol. The van der Waals surface area contributed by atoms with Crippen LogP contribution in [0, 0.1) is 6.92 Å². The van der Waals surface area contributed by atoms with Crippen molar-refractivity contribution >= 4 is 154 Å². The Morgan fingerprint density at radius 1 is 0.267 bits per heavy atom. The molecule has 0 radical (unpaired) electrons. The Morgan fingerprint density at radius 2 is 0.493 bits per heavy atom. The molecule has 0 saturated carbocycles. The third kappa shape index (κ3) is 29.6. The van der Waals surface area contributed by atoms with Crippen molar-refractivity contribution < 1.29 is 0 Å². The second-order valence-electron chi connectivity index (χ2n) is 36.2. The van der Waals surface area contributed by atoms with Crippen LogP contribution in [-0.4, -0.2) is 161 Å². The summed E-state index contributed by atoms with van der Waals surface area (Å²) in [5, 5.41) is 19.0. The number of benzene rings is 5. The zero-order valence-corrected chi connectivity index (χ0v) is 88.7. The molecule has 794 valence electrons. The zero-order chi connectivity index (χ0) is 106. The minimum atomic E-state index is -0.266. The highest BCUT2D eigenvalue weighted by Crippen LogP contribution is 2.29. The summed E-state index contributed by atoms with van der Waals surface area (Å²) in [6.45, 7) is 32.8. The van der Waals surface area contributed by atoms with Crippen LogP contribution in [0.5, 0.6) is 0 Å². The highest BCUT2D eigenvalue weighted by Gasteiger charge is 2.23. The van der Waals surface area contributed by atoms with Gasteiger partial charge in [0.05, 0.1) is 39.3 Å². The quantitative estimate of drug-likeness (QED) is 0.0125. The van der Waals surface area contributed by atoms with Crippen molar-refractivity contribution in [3.63, 3.8) is 0 Å². The number of unbranched alkanes of at least 4 members (excludes halogenated alkanes) is 6. The molecule has 0 bridgehead atoms. The van der Waals surface area contributed by atoms with E-state index in [1.165, 1.54) is 33.4 Å². The largest absolute Gasteiger partial charge is 0.382 e. The molecule has 0 amide bonds. The second kappa shape index (κ2) is 54.9. The maximum Gasteiger partial charge on any atom is 0.328 e. The average Bonchev–Trinajstić information content (AvgIpc) is 1.66. The predicted molar refractivity (Wildman–Crippen MR) is 610 cm³/mol. The number of nitrogens with one attached hydrogen (secondary N) is 11. The molecule has 150 heavy (non-hydrogen) atoms. The van der Waals surface area contributed by atoms with Gasteiger partial charge in [0.25, 0.3) is 0 Å². The van der Waals surface area contributed by atoms with Gasteiger partial charge >= 0.3 is 28.4 Å². The summed E-state index contributed by atoms with van der Waals surface area (Å²) in [5.41, 5.74) is 54.8. The number of hydrogen-bond acceptors (Lipinski definition) is 31. The van der Waals surface area contributed by atoms with E-state index in [1.807, 2.05) is 72.2 Å². The second-order valence-corrected chi connectivity index (χ2v) is 36.9. The first-order valence-electron chi connectivity index (χ1n) is 51.4. The summed E-state index contributed by atoms with van der Waals surface area (Å²) in [6, 6.07) is 45.4. The first-order chi connectivity index (χ1) is 72.2. The number of nitrogens with two attached hydrogens (primary N) is 6. The molecule has 0 aliphatic heterocycles. The van der Waals surface area contributed by atoms with Crippen LogP contribution in [0.25, 0.3) is 67.0 Å². The number of pyridine rings is 1. The van der Waals surface area contributed by atoms with Crippen LogP contribution in [-0.2, 0) is 71.4 Å². The number of aryl methyl sites for hydroxylation is 6. The van der Waals surface area contributed by atoms with Crippen molar-refractivity contribution in [3.05, 3.63) is 264 Å². The molecule has 13 aromatic heterocycles. The van der Waals surface area contributed by atoms with Gasteiger partial charge in [0.15, 0.2) is 79.0 Å². The molecule has 13 heterocycles. The number of imidazole rings is 6. The summed E-state index contributed by atoms with van der Waals surface area (Å²) in [5.74, 6) is 4.56. The number of anilines is 12. The van der Waals surface area contributed by atoms with Crippen molar-refractivity contribution in [2.24, 2.45) is 0 Å². The van der Waals surface area contributed by atoms with E-state index in [-0.39, 0.29) is 65.0 Å². The standard InChI is InChI=1S/C18H23BrN6.4C18H24N6O.C16H21N7O.CH4/c1-3-5-10-21-18-23-15(20)14-16(24-18)25(17(19)22-14)11-13-8-6-12(4-2)7-9-13;3*1-3-5-10-20-17-22-15(19)14-16(23-17)24(18(25)21-14)11-13-8-6-12(4-2)7-9-13;1-3-5-9-20-17-22-15(19)14-16(23-17)24(18(25)21-14)11-13-8-6-7-12(4-2)10-13;1-3-4-7-18-15-21-13(17)12-14(22-15)23(16(24)20-12)9-11-6-5-10(2)19-8-11;/h6-9H,3-5,10-11H2,1-2H3,(H3,20,21,23,24);3*6-9H,3-5,10-11H2,1-2H3,(H,21,25)(H3,19,20,22,23);6-8,10H,3-5,9,11H2,1-2H3,(H,21,25)(H3,19,20,22,23);5-6,8H,3-4,7,9H2,1-2H3,(H,20,24)(H3,17,18,21,22);1H4. The van der Waals surface area contributed by atoms with E-state index in [2.05, 4.69) is 291 Å². The van der Waals surface area contributed by atoms with Gasteiger partial charge < -0.3 is 91.2 Å². The number of aromatic nitrogens is 25. The highest BCUT2D eigenvalue weighted by molar-refractivity contribution is 9.10. The lowest BCUT2D eigenvalue weighted by molar-refractivity contribution is 0.772. The van der Waals surface area contributed by atoms with E-state index in [0.717, 1.165) is 188 Å². The highest BCUT2D eigenvalue weighted by atomic mass is 79.9. The molecule has 0 saturated heterocycles. The topological polar surface area (TPSA) is 603 Å². The molecule has 0 aliphatic carbocycles. The van der Waals surface area contributed by atoms with Crippen molar-refractivity contribution in [1.29, 1.82) is 0 Å². The molecule has 0 atom stereocenters. The Hall–Kier alpha value is -16.4. The fourth-order valence-electron chi connectivity index (χ4n) is 16.0. The summed E-state index contributed by atoms with van der Waals surface area (Å²) >= 11 is 3.53. The molecule has 43 heteroatoms. The van der Waals surface area contributed by atoms with Crippen molar-refractivity contribution in [3.8, 4) is 0 Å². The van der Waals surface area contributed by atoms with E-state index in [1.54, 1.807) is 29.0 Å². The van der Waals surface area contributed by atoms with Crippen LogP contribution in [0.3, 0.4) is 0 Å². The Morgan fingerprint density at radius 3 is 0.747 bits per heavy atom. The van der Waals surface area contributed by atoms with Crippen LogP contribution in [0.4, 0.5) is 70.6 Å². The maximum absolute atomic E-state index is 12.4. The molecule has 0 unspecified atom stereocenters. The minimum Gasteiger partial charge on any atom is -0.382 e. The van der Waals surface area contributed by atoms with Gasteiger partial charge in [-0.15, -0.1) is 0 Å². The normalized spacial score (nSPS) is 11.0. The zero-order valence-electron chi connectivity index (χ0n) is 87.1. The van der Waals surface area contributed by atoms with Crippen LogP contribution in [0.1, 0.15) is 228 Å². The molecule has 18 rings (SSSR count). The summed E-state index contributed by atoms with van der Waals surface area (Å²) in [6.07, 6.45) is 19.4. The summed E-state index contributed by atoms with van der Waals surface area (Å²) in [7, 11) is 0. The van der Waals surface area contributed by atoms with Crippen molar-refractivity contribution in [2.45, 2.75) is 239 Å². The van der Waals surface area contributed by atoms with Gasteiger partial charge in [-0.1, -0.05) is 250 Å². The fraction of sp³-hybridized carbons (Fsp3) is 0.393. The monoisotopic (exact) mass is 2110 g/mol. The molecule has 0 fully saturated rings. The number of halogens is 1. The van der Waals surface area contributed by atoms with Gasteiger partial charge in [0.1, 0.15) is 27.6 Å².